The largest absolute Gasteiger partial charge is 0.462 e. The van der Waals surface area contributed by atoms with Crippen molar-refractivity contribution in [1.82, 2.24) is 5.32 Å². The summed E-state index contributed by atoms with van der Waals surface area (Å²) in [6.07, 6.45) is 60.0. The van der Waals surface area contributed by atoms with Crippen LogP contribution in [0.15, 0.2) is 60.8 Å². The molecule has 3 atom stereocenters. The molecule has 0 fully saturated rings. The van der Waals surface area contributed by atoms with Crippen LogP contribution < -0.4 is 5.32 Å². The van der Waals surface area contributed by atoms with E-state index in [2.05, 4.69) is 62.5 Å². The Hall–Kier alpha value is -2.44. The zero-order valence-electron chi connectivity index (χ0n) is 40.3. The third-order valence-corrected chi connectivity index (χ3v) is 11.7. The van der Waals surface area contributed by atoms with Gasteiger partial charge in [0.05, 0.1) is 25.2 Å². The topological polar surface area (TPSA) is 95.9 Å². The lowest BCUT2D eigenvalue weighted by Gasteiger charge is -2.24. The molecule has 0 aliphatic rings. The van der Waals surface area contributed by atoms with Crippen molar-refractivity contribution < 1.29 is 24.5 Å². The van der Waals surface area contributed by atoms with Crippen molar-refractivity contribution in [3.05, 3.63) is 60.8 Å². The molecule has 0 bridgehead atoms. The summed E-state index contributed by atoms with van der Waals surface area (Å²) in [6, 6.07) is -0.706. The van der Waals surface area contributed by atoms with Crippen molar-refractivity contribution in [3.8, 4) is 0 Å². The van der Waals surface area contributed by atoms with Crippen LogP contribution in [0.2, 0.25) is 0 Å². The summed E-state index contributed by atoms with van der Waals surface area (Å²) >= 11 is 0. The van der Waals surface area contributed by atoms with E-state index in [0.717, 1.165) is 83.5 Å². The molecule has 0 spiro atoms. The molecule has 0 aromatic heterocycles. The van der Waals surface area contributed by atoms with E-state index >= 15 is 0 Å². The molecule has 3 unspecified atom stereocenters. The Balaban J connectivity index is 4.44. The molecule has 0 heterocycles. The molecule has 0 aromatic carbocycles. The maximum atomic E-state index is 13.2. The van der Waals surface area contributed by atoms with E-state index in [0.29, 0.717) is 19.3 Å². The number of aliphatic hydroxyl groups is 2. The van der Waals surface area contributed by atoms with Crippen LogP contribution in [-0.2, 0) is 14.3 Å². The van der Waals surface area contributed by atoms with E-state index in [1.165, 1.54) is 122 Å². The molecule has 0 radical (unpaired) electrons. The van der Waals surface area contributed by atoms with Crippen LogP contribution in [0.5, 0.6) is 0 Å². The van der Waals surface area contributed by atoms with Crippen LogP contribution in [-0.4, -0.2) is 46.9 Å². The Morgan fingerprint density at radius 1 is 0.475 bits per heavy atom. The number of allylic oxidation sites excluding steroid dienone is 10. The van der Waals surface area contributed by atoms with Crippen molar-refractivity contribution in [2.75, 3.05) is 6.61 Å². The Morgan fingerprint density at radius 2 is 0.869 bits per heavy atom. The van der Waals surface area contributed by atoms with Crippen LogP contribution in [0.1, 0.15) is 252 Å². The zero-order valence-corrected chi connectivity index (χ0v) is 40.3. The van der Waals surface area contributed by atoms with E-state index in [-0.39, 0.29) is 24.9 Å². The molecule has 6 nitrogen and oxygen atoms in total. The molecule has 1 amide bonds. The number of unbranched alkanes of at least 4 members (excludes halogenated alkanes) is 28. The smallest absolute Gasteiger partial charge is 0.306 e. The van der Waals surface area contributed by atoms with Gasteiger partial charge in [-0.25, -0.2) is 0 Å². The molecular formula is C55H99NO5. The Bertz CT molecular complexity index is 1090. The van der Waals surface area contributed by atoms with Crippen molar-refractivity contribution in [2.24, 2.45) is 0 Å². The van der Waals surface area contributed by atoms with Gasteiger partial charge in [0, 0.05) is 6.42 Å². The third kappa shape index (κ3) is 44.0. The van der Waals surface area contributed by atoms with Crippen LogP contribution in [0.25, 0.3) is 0 Å². The second-order valence-electron chi connectivity index (χ2n) is 17.7. The first-order valence-corrected chi connectivity index (χ1v) is 26.1. The van der Waals surface area contributed by atoms with Crippen molar-refractivity contribution in [3.63, 3.8) is 0 Å². The number of aliphatic hydroxyl groups excluding tert-OH is 2. The third-order valence-electron chi connectivity index (χ3n) is 11.7. The fourth-order valence-electron chi connectivity index (χ4n) is 7.76. The average Bonchev–Trinajstić information content (AvgIpc) is 3.25. The van der Waals surface area contributed by atoms with Gasteiger partial charge in [-0.2, -0.15) is 0 Å². The van der Waals surface area contributed by atoms with Gasteiger partial charge in [0.1, 0.15) is 6.10 Å². The highest BCUT2D eigenvalue weighted by Crippen LogP contribution is 2.18. The second-order valence-corrected chi connectivity index (χ2v) is 17.7. The van der Waals surface area contributed by atoms with E-state index in [9.17, 15) is 19.8 Å². The zero-order chi connectivity index (χ0) is 44.5. The minimum atomic E-state index is -0.791. The maximum Gasteiger partial charge on any atom is 0.306 e. The monoisotopic (exact) mass is 854 g/mol. The van der Waals surface area contributed by atoms with Gasteiger partial charge in [0.2, 0.25) is 5.91 Å². The maximum absolute atomic E-state index is 13.2. The number of esters is 1. The molecule has 6 heteroatoms. The molecule has 0 aliphatic heterocycles. The minimum absolute atomic E-state index is 0.0667. The van der Waals surface area contributed by atoms with Gasteiger partial charge in [0.25, 0.3) is 0 Å². The Labute approximate surface area is 378 Å². The molecule has 0 rings (SSSR count). The Morgan fingerprint density at radius 3 is 1.33 bits per heavy atom. The highest BCUT2D eigenvalue weighted by atomic mass is 16.5. The minimum Gasteiger partial charge on any atom is -0.462 e. The van der Waals surface area contributed by atoms with Gasteiger partial charge in [-0.15, -0.1) is 0 Å². The highest BCUT2D eigenvalue weighted by Gasteiger charge is 2.24. The van der Waals surface area contributed by atoms with Gasteiger partial charge >= 0.3 is 5.97 Å². The number of nitrogens with one attached hydrogen (secondary N) is 1. The first-order chi connectivity index (χ1) is 30.0. The van der Waals surface area contributed by atoms with Crippen molar-refractivity contribution >= 4 is 11.9 Å². The summed E-state index contributed by atoms with van der Waals surface area (Å²) < 4.78 is 5.90. The highest BCUT2D eigenvalue weighted by molar-refractivity contribution is 5.77. The predicted molar refractivity (Wildman–Crippen MR) is 264 cm³/mol. The number of carbonyl (C=O) groups excluding carboxylic acids is 2. The second kappa shape index (κ2) is 48.6. The molecule has 61 heavy (non-hydrogen) atoms. The molecule has 354 valence electrons. The lowest BCUT2D eigenvalue weighted by molar-refractivity contribution is -0.151. The number of carbonyl (C=O) groups is 2. The van der Waals surface area contributed by atoms with Crippen LogP contribution in [0.3, 0.4) is 0 Å². The van der Waals surface area contributed by atoms with Gasteiger partial charge in [-0.1, -0.05) is 255 Å². The number of hydrogen-bond donors (Lipinski definition) is 3. The van der Waals surface area contributed by atoms with E-state index in [1.807, 2.05) is 24.3 Å². The van der Waals surface area contributed by atoms with E-state index in [4.69, 9.17) is 4.74 Å². The lowest BCUT2D eigenvalue weighted by Crippen LogP contribution is -2.46. The summed E-state index contributed by atoms with van der Waals surface area (Å²) in [5.74, 6) is -0.502. The van der Waals surface area contributed by atoms with Crippen molar-refractivity contribution in [2.45, 2.75) is 270 Å². The summed E-state index contributed by atoms with van der Waals surface area (Å²) in [6.45, 7) is 6.38. The molecule has 0 aromatic rings. The van der Waals surface area contributed by atoms with Crippen LogP contribution >= 0.6 is 0 Å². The molecule has 0 saturated carbocycles. The van der Waals surface area contributed by atoms with Crippen LogP contribution in [0.4, 0.5) is 0 Å². The Kier molecular flexibility index (Phi) is 46.6. The van der Waals surface area contributed by atoms with Crippen LogP contribution in [0, 0.1) is 0 Å². The summed E-state index contributed by atoms with van der Waals surface area (Å²) in [7, 11) is 0. The first kappa shape index (κ1) is 58.6. The lowest BCUT2D eigenvalue weighted by atomic mass is 10.0. The van der Waals surface area contributed by atoms with Gasteiger partial charge in [0.15, 0.2) is 0 Å². The summed E-state index contributed by atoms with van der Waals surface area (Å²) in [5, 5.41) is 23.7. The number of rotatable bonds is 46. The summed E-state index contributed by atoms with van der Waals surface area (Å²) in [4.78, 5) is 26.1. The quantitative estimate of drug-likeness (QED) is 0.0322. The number of ether oxygens (including phenoxy) is 1. The van der Waals surface area contributed by atoms with Gasteiger partial charge in [-0.05, 0) is 44.9 Å². The predicted octanol–water partition coefficient (Wildman–Crippen LogP) is 15.6. The van der Waals surface area contributed by atoms with E-state index < -0.39 is 18.2 Å². The standard InChI is InChI=1S/C55H99NO5/c1-4-7-10-13-16-19-21-23-25-27-28-30-32-34-36-39-42-45-48-55(60)61-51(46-43-40-37-18-15-12-9-6-3)49-54(59)56-52(50-57)53(58)47-44-41-38-35-33-31-29-26-24-22-20-17-14-11-8-5-2/h10,13,16,19,21,23,25,27-28,30,51-53,57-58H,4-9,11-12,14-15,17-18,20,22,24,26,29,31-50H2,1-3H3,(H,56,59)/b13-10+,19-16+,23-21+,27-25+,30-28+. The van der Waals surface area contributed by atoms with Gasteiger partial charge in [-0.3, -0.25) is 9.59 Å². The normalized spacial score (nSPS) is 13.7. The summed E-state index contributed by atoms with van der Waals surface area (Å²) in [5.41, 5.74) is 0. The first-order valence-electron chi connectivity index (χ1n) is 26.1. The molecular weight excluding hydrogens is 755 g/mol. The van der Waals surface area contributed by atoms with E-state index in [1.54, 1.807) is 0 Å². The number of hydrogen-bond acceptors (Lipinski definition) is 5. The fraction of sp³-hybridized carbons (Fsp3) is 0.782. The number of amides is 1. The average molecular weight is 854 g/mol. The SMILES string of the molecule is CCC/C=C/C=C/C=C/C=C/C=C/CCCCCCCC(=O)OC(CCCCCCCCCC)CC(=O)NC(CO)C(O)CCCCCCCCCCCCCCCCCC. The fourth-order valence-corrected chi connectivity index (χ4v) is 7.76. The molecule has 0 saturated heterocycles. The molecule has 0 aliphatic carbocycles. The van der Waals surface area contributed by atoms with Crippen molar-refractivity contribution in [1.29, 1.82) is 0 Å². The molecule has 3 N–H and O–H groups in total. The van der Waals surface area contributed by atoms with Gasteiger partial charge < -0.3 is 20.3 Å².